The molecule has 0 heterocycles. The van der Waals surface area contributed by atoms with E-state index in [0.29, 0.717) is 17.9 Å². The molecule has 1 saturated carbocycles. The van der Waals surface area contributed by atoms with E-state index >= 15 is 0 Å². The first-order chi connectivity index (χ1) is 8.00. The fourth-order valence-corrected chi connectivity index (χ4v) is 2.46. The van der Waals surface area contributed by atoms with Crippen LogP contribution in [0.3, 0.4) is 0 Å². The number of ketones is 1. The zero-order valence-electron chi connectivity index (χ0n) is 11.1. The van der Waals surface area contributed by atoms with Gasteiger partial charge < -0.3 is 4.74 Å². The third-order valence-electron chi connectivity index (χ3n) is 3.83. The molecule has 0 aromatic heterocycles. The summed E-state index contributed by atoms with van der Waals surface area (Å²) < 4.78 is 5.79. The predicted molar refractivity (Wildman–Crippen MR) is 67.4 cm³/mol. The first-order valence-corrected chi connectivity index (χ1v) is 6.61. The summed E-state index contributed by atoms with van der Waals surface area (Å²) >= 11 is 0. The van der Waals surface area contributed by atoms with Crippen LogP contribution >= 0.6 is 0 Å². The molecule has 0 saturated heterocycles. The van der Waals surface area contributed by atoms with Gasteiger partial charge in [-0.2, -0.15) is 0 Å². The number of Topliss-reactive ketones (excluding diaryl/α,β-unsaturated/α-hetero) is 1. The summed E-state index contributed by atoms with van der Waals surface area (Å²) in [5.41, 5.74) is -0.281. The largest absolute Gasteiger partial charge is 0.370 e. The molecule has 0 aromatic carbocycles. The molecule has 0 aromatic rings. The standard InChI is InChI=1S/C15H22O2/c1-15(2,3)13(16)10-17-14-11-8-6-4-5-7-9-12(11)14/h11-12,14H,6-10H2,1-3H3/t11-,12+,14?. The lowest BCUT2D eigenvalue weighted by Gasteiger charge is -2.16. The second-order valence-electron chi connectivity index (χ2n) is 6.21. The Hall–Kier alpha value is -0.810. The summed E-state index contributed by atoms with van der Waals surface area (Å²) in [6, 6.07) is 0. The van der Waals surface area contributed by atoms with Gasteiger partial charge in [0, 0.05) is 18.3 Å². The van der Waals surface area contributed by atoms with Gasteiger partial charge in [-0.3, -0.25) is 4.79 Å². The van der Waals surface area contributed by atoms with Crippen molar-refractivity contribution in [1.82, 2.24) is 0 Å². The summed E-state index contributed by atoms with van der Waals surface area (Å²) in [4.78, 5) is 11.8. The lowest BCUT2D eigenvalue weighted by atomic mass is 9.91. The van der Waals surface area contributed by atoms with Crippen molar-refractivity contribution in [2.24, 2.45) is 17.3 Å². The monoisotopic (exact) mass is 234 g/mol. The van der Waals surface area contributed by atoms with E-state index in [2.05, 4.69) is 11.8 Å². The van der Waals surface area contributed by atoms with E-state index in [1.165, 1.54) is 0 Å². The molecular weight excluding hydrogens is 212 g/mol. The van der Waals surface area contributed by atoms with E-state index in [4.69, 9.17) is 4.74 Å². The molecule has 0 N–H and O–H groups in total. The van der Waals surface area contributed by atoms with Crippen LogP contribution in [-0.2, 0) is 9.53 Å². The van der Waals surface area contributed by atoms with Gasteiger partial charge >= 0.3 is 0 Å². The average molecular weight is 234 g/mol. The van der Waals surface area contributed by atoms with Gasteiger partial charge in [-0.25, -0.2) is 0 Å². The van der Waals surface area contributed by atoms with Crippen molar-refractivity contribution in [3.63, 3.8) is 0 Å². The summed E-state index contributed by atoms with van der Waals surface area (Å²) in [5, 5.41) is 0. The van der Waals surface area contributed by atoms with Crippen LogP contribution < -0.4 is 0 Å². The van der Waals surface area contributed by atoms with Crippen LogP contribution in [0.2, 0.25) is 0 Å². The van der Waals surface area contributed by atoms with Gasteiger partial charge in [0.25, 0.3) is 0 Å². The normalized spacial score (nSPS) is 31.6. The van der Waals surface area contributed by atoms with Gasteiger partial charge in [-0.15, -0.1) is 11.8 Å². The smallest absolute Gasteiger partial charge is 0.163 e. The summed E-state index contributed by atoms with van der Waals surface area (Å²) in [5.74, 6) is 7.89. The Morgan fingerprint density at radius 1 is 1.18 bits per heavy atom. The van der Waals surface area contributed by atoms with Crippen LogP contribution in [0.25, 0.3) is 0 Å². The lowest BCUT2D eigenvalue weighted by Crippen LogP contribution is -2.25. The van der Waals surface area contributed by atoms with Crippen molar-refractivity contribution in [2.45, 2.75) is 52.6 Å². The first-order valence-electron chi connectivity index (χ1n) is 6.61. The molecule has 0 amide bonds. The maximum absolute atomic E-state index is 11.8. The highest BCUT2D eigenvalue weighted by molar-refractivity contribution is 5.84. The van der Waals surface area contributed by atoms with Crippen molar-refractivity contribution >= 4 is 5.78 Å². The van der Waals surface area contributed by atoms with E-state index < -0.39 is 0 Å². The quantitative estimate of drug-likeness (QED) is 0.702. The van der Waals surface area contributed by atoms with Crippen molar-refractivity contribution in [2.75, 3.05) is 6.61 Å². The molecule has 2 nitrogen and oxygen atoms in total. The SMILES string of the molecule is CC(C)(C)C(=O)COC1[C@H]2CCC#CCC[C@@H]12. The fourth-order valence-electron chi connectivity index (χ4n) is 2.46. The minimum absolute atomic E-state index is 0.202. The van der Waals surface area contributed by atoms with E-state index in [0.717, 1.165) is 25.7 Å². The number of hydrogen-bond acceptors (Lipinski definition) is 2. The molecule has 2 rings (SSSR count). The van der Waals surface area contributed by atoms with Crippen LogP contribution in [0, 0.1) is 29.1 Å². The lowest BCUT2D eigenvalue weighted by molar-refractivity contribution is -0.131. The number of carbonyl (C=O) groups excluding carboxylic acids is 1. The van der Waals surface area contributed by atoms with Crippen LogP contribution in [0.15, 0.2) is 0 Å². The van der Waals surface area contributed by atoms with Gasteiger partial charge in [0.1, 0.15) is 6.61 Å². The van der Waals surface area contributed by atoms with Crippen molar-refractivity contribution in [3.05, 3.63) is 0 Å². The van der Waals surface area contributed by atoms with Crippen LogP contribution in [0.1, 0.15) is 46.5 Å². The maximum Gasteiger partial charge on any atom is 0.163 e. The van der Waals surface area contributed by atoms with E-state index in [1.807, 2.05) is 20.8 Å². The molecule has 1 fully saturated rings. The highest BCUT2D eigenvalue weighted by Gasteiger charge is 2.50. The Balaban J connectivity index is 1.78. The number of ether oxygens (including phenoxy) is 1. The number of carbonyl (C=O) groups is 1. The summed E-state index contributed by atoms with van der Waals surface area (Å²) in [7, 11) is 0. The average Bonchev–Trinajstić information content (AvgIpc) is 2.83. The fraction of sp³-hybridized carbons (Fsp3) is 0.800. The van der Waals surface area contributed by atoms with Crippen LogP contribution in [0.4, 0.5) is 0 Å². The molecule has 2 heteroatoms. The minimum Gasteiger partial charge on any atom is -0.370 e. The van der Waals surface area contributed by atoms with Gasteiger partial charge in [0.2, 0.25) is 0 Å². The number of rotatable bonds is 3. The van der Waals surface area contributed by atoms with Crippen molar-refractivity contribution in [3.8, 4) is 11.8 Å². The molecular formula is C15H22O2. The van der Waals surface area contributed by atoms with E-state index in [-0.39, 0.29) is 17.8 Å². The third kappa shape index (κ3) is 3.10. The molecule has 3 atom stereocenters. The van der Waals surface area contributed by atoms with Gasteiger partial charge in [-0.1, -0.05) is 20.8 Å². The maximum atomic E-state index is 11.8. The number of hydrogen-bond donors (Lipinski definition) is 0. The van der Waals surface area contributed by atoms with E-state index in [1.54, 1.807) is 0 Å². The number of fused-ring (bicyclic) bond motifs is 1. The molecule has 2 aliphatic rings. The molecule has 0 radical (unpaired) electrons. The Morgan fingerprint density at radius 2 is 1.71 bits per heavy atom. The molecule has 2 aliphatic carbocycles. The Morgan fingerprint density at radius 3 is 2.18 bits per heavy atom. The minimum atomic E-state index is -0.281. The van der Waals surface area contributed by atoms with E-state index in [9.17, 15) is 4.79 Å². The van der Waals surface area contributed by atoms with Crippen LogP contribution in [0.5, 0.6) is 0 Å². The Bertz CT molecular complexity index is 335. The summed E-state index contributed by atoms with van der Waals surface area (Å²) in [6.45, 7) is 6.12. The molecule has 0 bridgehead atoms. The molecule has 17 heavy (non-hydrogen) atoms. The van der Waals surface area contributed by atoms with Gasteiger partial charge in [0.15, 0.2) is 5.78 Å². The summed E-state index contributed by atoms with van der Waals surface area (Å²) in [6.07, 6.45) is 4.60. The highest BCUT2D eigenvalue weighted by atomic mass is 16.5. The predicted octanol–water partition coefficient (Wildman–Crippen LogP) is 2.81. The molecule has 94 valence electrons. The topological polar surface area (TPSA) is 26.3 Å². The van der Waals surface area contributed by atoms with Gasteiger partial charge in [-0.05, 0) is 24.7 Å². The second-order valence-corrected chi connectivity index (χ2v) is 6.21. The third-order valence-corrected chi connectivity index (χ3v) is 3.83. The first kappa shape index (κ1) is 12.6. The van der Waals surface area contributed by atoms with Crippen LogP contribution in [-0.4, -0.2) is 18.5 Å². The Kier molecular flexibility index (Phi) is 3.58. The Labute approximate surface area is 104 Å². The molecule has 0 aliphatic heterocycles. The zero-order chi connectivity index (χ0) is 12.5. The highest BCUT2D eigenvalue weighted by Crippen LogP contribution is 2.48. The van der Waals surface area contributed by atoms with Gasteiger partial charge in [0.05, 0.1) is 6.10 Å². The zero-order valence-corrected chi connectivity index (χ0v) is 11.1. The van der Waals surface area contributed by atoms with Crippen molar-refractivity contribution < 1.29 is 9.53 Å². The molecule has 0 spiro atoms. The molecule has 1 unspecified atom stereocenters. The second kappa shape index (κ2) is 4.82. The van der Waals surface area contributed by atoms with Crippen molar-refractivity contribution in [1.29, 1.82) is 0 Å².